The summed E-state index contributed by atoms with van der Waals surface area (Å²) in [7, 11) is 1.27. The highest BCUT2D eigenvalue weighted by atomic mass is 16.6. The summed E-state index contributed by atoms with van der Waals surface area (Å²) >= 11 is 0. The molecule has 0 aromatic carbocycles. The van der Waals surface area contributed by atoms with Gasteiger partial charge in [0.1, 0.15) is 6.61 Å². The minimum atomic E-state index is -1.02. The summed E-state index contributed by atoms with van der Waals surface area (Å²) in [4.78, 5) is 26.1. The highest BCUT2D eigenvalue weighted by molar-refractivity contribution is 5.64. The maximum atomic E-state index is 10.9. The van der Waals surface area contributed by atoms with Gasteiger partial charge in [0.05, 0.1) is 18.6 Å². The van der Waals surface area contributed by atoms with Crippen molar-refractivity contribution in [1.82, 2.24) is 9.88 Å². The lowest BCUT2D eigenvalue weighted by Crippen LogP contribution is -2.34. The Kier molecular flexibility index (Phi) is 6.18. The van der Waals surface area contributed by atoms with Crippen LogP contribution in [0.25, 0.3) is 0 Å². The SMILES string of the molecule is CCCN(CCOc1ccc([N+](=O)[O-])c(OC)n1)C(=O)O. The van der Waals surface area contributed by atoms with Crippen molar-refractivity contribution in [3.8, 4) is 11.8 Å². The van der Waals surface area contributed by atoms with Gasteiger partial charge in [0.25, 0.3) is 5.88 Å². The predicted molar refractivity (Wildman–Crippen MR) is 72.8 cm³/mol. The van der Waals surface area contributed by atoms with E-state index in [1.807, 2.05) is 6.92 Å². The van der Waals surface area contributed by atoms with Gasteiger partial charge in [0, 0.05) is 18.7 Å². The third kappa shape index (κ3) is 4.79. The third-order valence-electron chi connectivity index (χ3n) is 2.58. The highest BCUT2D eigenvalue weighted by Gasteiger charge is 2.17. The van der Waals surface area contributed by atoms with Crippen LogP contribution in [-0.4, -0.2) is 52.8 Å². The molecule has 21 heavy (non-hydrogen) atoms. The molecule has 0 bridgehead atoms. The number of hydrogen-bond donors (Lipinski definition) is 1. The standard InChI is InChI=1S/C12H17N3O6/c1-3-6-14(12(16)17)7-8-21-10-5-4-9(15(18)19)11(13-10)20-2/h4-5H,3,6-8H2,1-2H3,(H,16,17). The molecule has 0 atom stereocenters. The van der Waals surface area contributed by atoms with Crippen LogP contribution in [0.3, 0.4) is 0 Å². The van der Waals surface area contributed by atoms with Gasteiger partial charge in [-0.25, -0.2) is 4.79 Å². The van der Waals surface area contributed by atoms with Crippen molar-refractivity contribution in [1.29, 1.82) is 0 Å². The number of nitrogens with zero attached hydrogens (tertiary/aromatic N) is 3. The van der Waals surface area contributed by atoms with Crippen molar-refractivity contribution in [3.05, 3.63) is 22.2 Å². The van der Waals surface area contributed by atoms with E-state index in [1.54, 1.807) is 0 Å². The Balaban J connectivity index is 2.63. The van der Waals surface area contributed by atoms with E-state index in [0.717, 1.165) is 0 Å². The summed E-state index contributed by atoms with van der Waals surface area (Å²) < 4.78 is 10.1. The minimum Gasteiger partial charge on any atom is -0.476 e. The van der Waals surface area contributed by atoms with E-state index >= 15 is 0 Å². The number of pyridine rings is 1. The molecule has 1 N–H and O–H groups in total. The molecule has 0 saturated heterocycles. The molecule has 0 fully saturated rings. The van der Waals surface area contributed by atoms with Crippen molar-refractivity contribution in [2.45, 2.75) is 13.3 Å². The number of amides is 1. The number of carbonyl (C=O) groups is 1. The van der Waals surface area contributed by atoms with Crippen LogP contribution in [0.1, 0.15) is 13.3 Å². The molecule has 0 unspecified atom stereocenters. The lowest BCUT2D eigenvalue weighted by Gasteiger charge is -2.18. The van der Waals surface area contributed by atoms with E-state index in [0.29, 0.717) is 13.0 Å². The molecular formula is C12H17N3O6. The van der Waals surface area contributed by atoms with Crippen LogP contribution in [0, 0.1) is 10.1 Å². The molecule has 0 radical (unpaired) electrons. The van der Waals surface area contributed by atoms with Gasteiger partial charge in [-0.3, -0.25) is 10.1 Å². The Hall–Kier alpha value is -2.58. The monoisotopic (exact) mass is 299 g/mol. The molecule has 0 aliphatic rings. The Morgan fingerprint density at radius 2 is 2.19 bits per heavy atom. The molecule has 116 valence electrons. The fourth-order valence-electron chi connectivity index (χ4n) is 1.62. The topological polar surface area (TPSA) is 115 Å². The molecule has 1 amide bonds. The predicted octanol–water partition coefficient (Wildman–Crippen LogP) is 1.77. The van der Waals surface area contributed by atoms with Crippen LogP contribution in [0.5, 0.6) is 11.8 Å². The van der Waals surface area contributed by atoms with Crippen LogP contribution in [-0.2, 0) is 0 Å². The van der Waals surface area contributed by atoms with Gasteiger partial charge < -0.3 is 19.5 Å². The number of rotatable bonds is 8. The number of nitro groups is 1. The van der Waals surface area contributed by atoms with Crippen LogP contribution >= 0.6 is 0 Å². The number of hydrogen-bond acceptors (Lipinski definition) is 6. The maximum Gasteiger partial charge on any atom is 0.407 e. The van der Waals surface area contributed by atoms with Gasteiger partial charge in [-0.1, -0.05) is 6.92 Å². The first-order valence-electron chi connectivity index (χ1n) is 6.29. The van der Waals surface area contributed by atoms with E-state index in [9.17, 15) is 14.9 Å². The first-order chi connectivity index (χ1) is 9.99. The second-order valence-electron chi connectivity index (χ2n) is 4.05. The zero-order valence-electron chi connectivity index (χ0n) is 11.8. The summed E-state index contributed by atoms with van der Waals surface area (Å²) in [5, 5.41) is 19.7. The molecule has 9 heteroatoms. The zero-order chi connectivity index (χ0) is 15.8. The van der Waals surface area contributed by atoms with Crippen LogP contribution in [0.2, 0.25) is 0 Å². The molecular weight excluding hydrogens is 282 g/mol. The van der Waals surface area contributed by atoms with E-state index in [-0.39, 0.29) is 30.6 Å². The summed E-state index contributed by atoms with van der Waals surface area (Å²) in [5.41, 5.74) is -0.261. The Labute approximate surface area is 121 Å². The molecule has 0 aliphatic heterocycles. The summed E-state index contributed by atoms with van der Waals surface area (Å²) in [6.45, 7) is 2.57. The second-order valence-corrected chi connectivity index (χ2v) is 4.05. The molecule has 0 saturated carbocycles. The van der Waals surface area contributed by atoms with Crippen LogP contribution in [0.4, 0.5) is 10.5 Å². The van der Waals surface area contributed by atoms with Gasteiger partial charge in [0.2, 0.25) is 5.88 Å². The van der Waals surface area contributed by atoms with Gasteiger partial charge in [-0.05, 0) is 6.42 Å². The first-order valence-corrected chi connectivity index (χ1v) is 6.29. The first kappa shape index (κ1) is 16.5. The van der Waals surface area contributed by atoms with Gasteiger partial charge >= 0.3 is 11.8 Å². The smallest absolute Gasteiger partial charge is 0.407 e. The largest absolute Gasteiger partial charge is 0.476 e. The van der Waals surface area contributed by atoms with Gasteiger partial charge in [0.15, 0.2) is 0 Å². The summed E-state index contributed by atoms with van der Waals surface area (Å²) in [6.07, 6.45) is -0.315. The van der Waals surface area contributed by atoms with Crippen molar-refractivity contribution in [2.75, 3.05) is 26.8 Å². The van der Waals surface area contributed by atoms with E-state index in [1.165, 1.54) is 24.1 Å². The molecule has 0 aliphatic carbocycles. The van der Waals surface area contributed by atoms with E-state index in [2.05, 4.69) is 4.98 Å². The second kappa shape index (κ2) is 7.88. The highest BCUT2D eigenvalue weighted by Crippen LogP contribution is 2.26. The van der Waals surface area contributed by atoms with Crippen LogP contribution < -0.4 is 9.47 Å². The molecule has 1 aromatic rings. The number of carboxylic acid groups (broad SMARTS) is 1. The molecule has 1 aromatic heterocycles. The average Bonchev–Trinajstić information content (AvgIpc) is 2.45. The third-order valence-corrected chi connectivity index (χ3v) is 2.58. The molecule has 9 nitrogen and oxygen atoms in total. The average molecular weight is 299 g/mol. The molecule has 1 heterocycles. The number of aromatic nitrogens is 1. The molecule has 1 rings (SSSR count). The van der Waals surface area contributed by atoms with Gasteiger partial charge in [-0.15, -0.1) is 0 Å². The van der Waals surface area contributed by atoms with Crippen molar-refractivity contribution in [2.24, 2.45) is 0 Å². The molecule has 0 spiro atoms. The lowest BCUT2D eigenvalue weighted by atomic mass is 10.4. The van der Waals surface area contributed by atoms with Crippen LogP contribution in [0.15, 0.2) is 12.1 Å². The van der Waals surface area contributed by atoms with E-state index in [4.69, 9.17) is 14.6 Å². The Bertz CT molecular complexity index is 508. The number of ether oxygens (including phenoxy) is 2. The lowest BCUT2D eigenvalue weighted by molar-refractivity contribution is -0.386. The zero-order valence-corrected chi connectivity index (χ0v) is 11.8. The van der Waals surface area contributed by atoms with Crippen molar-refractivity contribution >= 4 is 11.8 Å². The number of methoxy groups -OCH3 is 1. The Morgan fingerprint density at radius 3 is 2.71 bits per heavy atom. The van der Waals surface area contributed by atoms with Gasteiger partial charge in [-0.2, -0.15) is 4.98 Å². The fourth-order valence-corrected chi connectivity index (χ4v) is 1.62. The van der Waals surface area contributed by atoms with Crippen molar-refractivity contribution < 1.29 is 24.3 Å². The van der Waals surface area contributed by atoms with E-state index < -0.39 is 11.0 Å². The summed E-state index contributed by atoms with van der Waals surface area (Å²) in [6, 6.07) is 2.56. The summed E-state index contributed by atoms with van der Waals surface area (Å²) in [5.74, 6) is -0.0135. The van der Waals surface area contributed by atoms with Crippen molar-refractivity contribution in [3.63, 3.8) is 0 Å². The Morgan fingerprint density at radius 1 is 1.48 bits per heavy atom. The maximum absolute atomic E-state index is 10.9. The minimum absolute atomic E-state index is 0.0975. The normalized spacial score (nSPS) is 10.0. The quantitative estimate of drug-likeness (QED) is 0.574. The fraction of sp³-hybridized carbons (Fsp3) is 0.500.